The van der Waals surface area contributed by atoms with Crippen molar-refractivity contribution in [2.24, 2.45) is 17.6 Å². The molecule has 4 N–H and O–H groups in total. The van der Waals surface area contributed by atoms with E-state index in [9.17, 15) is 14.4 Å². The number of hydrogen-bond donors (Lipinski definition) is 3. The molecule has 1 aliphatic carbocycles. The number of rotatable bonds is 3. The molecule has 6 heteroatoms. The summed E-state index contributed by atoms with van der Waals surface area (Å²) in [7, 11) is 0. The Morgan fingerprint density at radius 3 is 2.47 bits per heavy atom. The summed E-state index contributed by atoms with van der Waals surface area (Å²) < 4.78 is 0. The Morgan fingerprint density at radius 1 is 1.21 bits per heavy atom. The molecule has 3 amide bonds. The molecule has 6 nitrogen and oxygen atoms in total. The zero-order valence-corrected chi connectivity index (χ0v) is 11.0. The van der Waals surface area contributed by atoms with Gasteiger partial charge in [0.2, 0.25) is 17.7 Å². The SMILES string of the molecule is NCC1CCC(C(=O)NC2CCC(=O)NC2=O)CC1. The summed E-state index contributed by atoms with van der Waals surface area (Å²) in [5.74, 6) is -0.211. The predicted molar refractivity (Wildman–Crippen MR) is 68.8 cm³/mol. The Labute approximate surface area is 112 Å². The third kappa shape index (κ3) is 3.53. The third-order valence-corrected chi connectivity index (χ3v) is 4.11. The van der Waals surface area contributed by atoms with Gasteiger partial charge in [-0.2, -0.15) is 0 Å². The second-order valence-corrected chi connectivity index (χ2v) is 5.47. The Morgan fingerprint density at radius 2 is 1.89 bits per heavy atom. The van der Waals surface area contributed by atoms with Gasteiger partial charge in [-0.25, -0.2) is 0 Å². The fourth-order valence-electron chi connectivity index (χ4n) is 2.78. The highest BCUT2D eigenvalue weighted by Crippen LogP contribution is 2.28. The monoisotopic (exact) mass is 267 g/mol. The topological polar surface area (TPSA) is 101 Å². The first-order valence-corrected chi connectivity index (χ1v) is 6.94. The molecule has 0 aromatic rings. The minimum atomic E-state index is -0.558. The number of hydrogen-bond acceptors (Lipinski definition) is 4. The fraction of sp³-hybridized carbons (Fsp3) is 0.769. The van der Waals surface area contributed by atoms with Crippen LogP contribution >= 0.6 is 0 Å². The molecule has 1 unspecified atom stereocenters. The van der Waals surface area contributed by atoms with E-state index in [-0.39, 0.29) is 30.1 Å². The Balaban J connectivity index is 1.81. The van der Waals surface area contributed by atoms with E-state index in [0.29, 0.717) is 18.9 Å². The maximum Gasteiger partial charge on any atom is 0.249 e. The first-order chi connectivity index (χ1) is 9.10. The van der Waals surface area contributed by atoms with E-state index < -0.39 is 6.04 Å². The van der Waals surface area contributed by atoms with E-state index >= 15 is 0 Å². The number of amides is 3. The summed E-state index contributed by atoms with van der Waals surface area (Å²) in [6.07, 6.45) is 4.31. The van der Waals surface area contributed by atoms with Gasteiger partial charge >= 0.3 is 0 Å². The van der Waals surface area contributed by atoms with Gasteiger partial charge in [0, 0.05) is 12.3 Å². The molecule has 2 aliphatic rings. The average Bonchev–Trinajstić information content (AvgIpc) is 2.42. The zero-order valence-electron chi connectivity index (χ0n) is 11.0. The van der Waals surface area contributed by atoms with Crippen molar-refractivity contribution >= 4 is 17.7 Å². The van der Waals surface area contributed by atoms with Gasteiger partial charge in [0.25, 0.3) is 0 Å². The van der Waals surface area contributed by atoms with Crippen LogP contribution in [0.4, 0.5) is 0 Å². The van der Waals surface area contributed by atoms with Gasteiger partial charge in [0.1, 0.15) is 6.04 Å². The van der Waals surface area contributed by atoms with Crippen molar-refractivity contribution < 1.29 is 14.4 Å². The van der Waals surface area contributed by atoms with Gasteiger partial charge in [0.05, 0.1) is 0 Å². The smallest absolute Gasteiger partial charge is 0.249 e. The Bertz CT molecular complexity index is 375. The molecular formula is C13H21N3O3. The number of nitrogens with one attached hydrogen (secondary N) is 2. The van der Waals surface area contributed by atoms with Crippen molar-refractivity contribution in [3.05, 3.63) is 0 Å². The zero-order chi connectivity index (χ0) is 13.8. The average molecular weight is 267 g/mol. The molecule has 1 aliphatic heterocycles. The second kappa shape index (κ2) is 6.14. The lowest BCUT2D eigenvalue weighted by Crippen LogP contribution is -2.53. The summed E-state index contributed by atoms with van der Waals surface area (Å²) >= 11 is 0. The van der Waals surface area contributed by atoms with Crippen LogP contribution in [0, 0.1) is 11.8 Å². The van der Waals surface area contributed by atoms with E-state index in [1.807, 2.05) is 0 Å². The van der Waals surface area contributed by atoms with Crippen LogP contribution in [0.5, 0.6) is 0 Å². The third-order valence-electron chi connectivity index (χ3n) is 4.11. The summed E-state index contributed by atoms with van der Waals surface area (Å²) in [5.41, 5.74) is 5.62. The Kier molecular flexibility index (Phi) is 4.52. The van der Waals surface area contributed by atoms with Gasteiger partial charge in [-0.05, 0) is 44.6 Å². The molecule has 1 saturated carbocycles. The minimum absolute atomic E-state index is 0.0202. The maximum absolute atomic E-state index is 12.1. The lowest BCUT2D eigenvalue weighted by Gasteiger charge is -2.29. The van der Waals surface area contributed by atoms with E-state index in [1.54, 1.807) is 0 Å². The van der Waals surface area contributed by atoms with Crippen LogP contribution in [0.25, 0.3) is 0 Å². The van der Waals surface area contributed by atoms with Crippen LogP contribution in [0.2, 0.25) is 0 Å². The lowest BCUT2D eigenvalue weighted by molar-refractivity contribution is -0.138. The molecule has 19 heavy (non-hydrogen) atoms. The van der Waals surface area contributed by atoms with Gasteiger partial charge in [-0.15, -0.1) is 0 Å². The first kappa shape index (κ1) is 14.0. The molecule has 0 radical (unpaired) electrons. The van der Waals surface area contributed by atoms with E-state index in [1.165, 1.54) is 0 Å². The van der Waals surface area contributed by atoms with Crippen molar-refractivity contribution in [3.63, 3.8) is 0 Å². The number of piperidine rings is 1. The fourth-order valence-corrected chi connectivity index (χ4v) is 2.78. The van der Waals surface area contributed by atoms with E-state index in [0.717, 1.165) is 25.7 Å². The second-order valence-electron chi connectivity index (χ2n) is 5.47. The van der Waals surface area contributed by atoms with Crippen LogP contribution in [-0.2, 0) is 14.4 Å². The summed E-state index contributed by atoms with van der Waals surface area (Å²) in [6, 6.07) is -0.558. The molecular weight excluding hydrogens is 246 g/mol. The van der Waals surface area contributed by atoms with Crippen molar-refractivity contribution in [2.45, 2.75) is 44.6 Å². The predicted octanol–water partition coefficient (Wildman–Crippen LogP) is -0.327. The summed E-state index contributed by atoms with van der Waals surface area (Å²) in [5, 5.41) is 5.00. The molecule has 2 fully saturated rings. The molecule has 2 rings (SSSR count). The first-order valence-electron chi connectivity index (χ1n) is 6.94. The number of carbonyl (C=O) groups excluding carboxylic acids is 3. The van der Waals surface area contributed by atoms with Gasteiger partial charge in [-0.3, -0.25) is 19.7 Å². The summed E-state index contributed by atoms with van der Waals surface area (Å²) in [6.45, 7) is 0.682. The molecule has 1 heterocycles. The molecule has 0 aromatic heterocycles. The highest BCUT2D eigenvalue weighted by Gasteiger charge is 2.31. The van der Waals surface area contributed by atoms with Crippen LogP contribution in [0.1, 0.15) is 38.5 Å². The summed E-state index contributed by atoms with van der Waals surface area (Å²) in [4.78, 5) is 34.7. The van der Waals surface area contributed by atoms with Crippen molar-refractivity contribution in [1.29, 1.82) is 0 Å². The minimum Gasteiger partial charge on any atom is -0.344 e. The van der Waals surface area contributed by atoms with Crippen LogP contribution in [-0.4, -0.2) is 30.3 Å². The van der Waals surface area contributed by atoms with Crippen LogP contribution in [0.15, 0.2) is 0 Å². The van der Waals surface area contributed by atoms with Crippen molar-refractivity contribution in [3.8, 4) is 0 Å². The van der Waals surface area contributed by atoms with Crippen molar-refractivity contribution in [1.82, 2.24) is 10.6 Å². The van der Waals surface area contributed by atoms with Crippen LogP contribution < -0.4 is 16.4 Å². The molecule has 0 spiro atoms. The van der Waals surface area contributed by atoms with E-state index in [4.69, 9.17) is 5.73 Å². The largest absolute Gasteiger partial charge is 0.344 e. The van der Waals surface area contributed by atoms with Gasteiger partial charge < -0.3 is 11.1 Å². The van der Waals surface area contributed by atoms with Crippen molar-refractivity contribution in [2.75, 3.05) is 6.54 Å². The number of nitrogens with two attached hydrogens (primary N) is 1. The highest BCUT2D eigenvalue weighted by atomic mass is 16.2. The molecule has 0 aromatic carbocycles. The number of carbonyl (C=O) groups is 3. The molecule has 1 saturated heterocycles. The standard InChI is InChI=1S/C13H21N3O3/c14-7-8-1-3-9(4-2-8)12(18)15-10-5-6-11(17)16-13(10)19/h8-10H,1-7,14H2,(H,15,18)(H,16,17,19). The normalized spacial score (nSPS) is 31.7. The highest BCUT2D eigenvalue weighted by molar-refractivity contribution is 6.01. The maximum atomic E-state index is 12.1. The van der Waals surface area contributed by atoms with Crippen LogP contribution in [0.3, 0.4) is 0 Å². The van der Waals surface area contributed by atoms with Gasteiger partial charge in [0.15, 0.2) is 0 Å². The quantitative estimate of drug-likeness (QED) is 0.609. The lowest BCUT2D eigenvalue weighted by atomic mass is 9.81. The molecule has 0 bridgehead atoms. The van der Waals surface area contributed by atoms with E-state index in [2.05, 4.69) is 10.6 Å². The molecule has 1 atom stereocenters. The number of imide groups is 1. The Hall–Kier alpha value is -1.43. The van der Waals surface area contributed by atoms with Gasteiger partial charge in [-0.1, -0.05) is 0 Å². The molecule has 106 valence electrons.